The van der Waals surface area contributed by atoms with Crippen molar-refractivity contribution in [1.29, 1.82) is 0 Å². The molecule has 0 saturated carbocycles. The van der Waals surface area contributed by atoms with Gasteiger partial charge >= 0.3 is 5.97 Å². The molecular formula is C12H16N2O5. The normalized spacial score (nSPS) is 10.1. The number of aromatic carboxylic acids is 1. The van der Waals surface area contributed by atoms with E-state index < -0.39 is 11.9 Å². The highest BCUT2D eigenvalue weighted by Crippen LogP contribution is 2.11. The molecule has 0 aliphatic rings. The van der Waals surface area contributed by atoms with Gasteiger partial charge in [0.1, 0.15) is 12.8 Å². The largest absolute Gasteiger partial charge is 0.478 e. The van der Waals surface area contributed by atoms with E-state index in [9.17, 15) is 14.4 Å². The van der Waals surface area contributed by atoms with Gasteiger partial charge in [-0.2, -0.15) is 0 Å². The monoisotopic (exact) mass is 268 g/mol. The van der Waals surface area contributed by atoms with Gasteiger partial charge in [-0.15, -0.1) is 0 Å². The highest BCUT2D eigenvalue weighted by Gasteiger charge is 2.22. The van der Waals surface area contributed by atoms with Crippen molar-refractivity contribution in [2.24, 2.45) is 0 Å². The van der Waals surface area contributed by atoms with E-state index in [2.05, 4.69) is 0 Å². The number of carbonyl (C=O) groups is 3. The van der Waals surface area contributed by atoms with Crippen LogP contribution in [0.5, 0.6) is 0 Å². The Morgan fingerprint density at radius 1 is 1.32 bits per heavy atom. The second-order valence-corrected chi connectivity index (χ2v) is 4.11. The number of carbonyl (C=O) groups excluding carboxylic acids is 2. The van der Waals surface area contributed by atoms with Gasteiger partial charge in [-0.3, -0.25) is 9.59 Å². The molecule has 0 aliphatic carbocycles. The summed E-state index contributed by atoms with van der Waals surface area (Å²) in [6.07, 6.45) is 0.997. The zero-order chi connectivity index (χ0) is 14.6. The molecule has 0 radical (unpaired) electrons. The summed E-state index contributed by atoms with van der Waals surface area (Å²) >= 11 is 0. The van der Waals surface area contributed by atoms with Crippen molar-refractivity contribution in [2.45, 2.75) is 6.92 Å². The molecule has 0 saturated heterocycles. The van der Waals surface area contributed by atoms with E-state index >= 15 is 0 Å². The van der Waals surface area contributed by atoms with Gasteiger partial charge in [0.2, 0.25) is 5.91 Å². The van der Waals surface area contributed by atoms with E-state index in [4.69, 9.17) is 9.52 Å². The Balaban J connectivity index is 2.83. The van der Waals surface area contributed by atoms with Crippen LogP contribution in [0.25, 0.3) is 0 Å². The fraction of sp³-hybridized carbons (Fsp3) is 0.417. The molecule has 2 amide bonds. The third-order valence-electron chi connectivity index (χ3n) is 2.55. The predicted molar refractivity (Wildman–Crippen MR) is 65.9 cm³/mol. The quantitative estimate of drug-likeness (QED) is 0.841. The van der Waals surface area contributed by atoms with Gasteiger partial charge in [-0.1, -0.05) is 0 Å². The fourth-order valence-electron chi connectivity index (χ4n) is 1.35. The maximum absolute atomic E-state index is 12.0. The number of furan rings is 1. The minimum atomic E-state index is -1.17. The van der Waals surface area contributed by atoms with Crippen LogP contribution in [0.4, 0.5) is 0 Å². The van der Waals surface area contributed by atoms with Crippen molar-refractivity contribution in [3.63, 3.8) is 0 Å². The maximum atomic E-state index is 12.0. The average Bonchev–Trinajstić information content (AvgIpc) is 2.84. The van der Waals surface area contributed by atoms with E-state index in [1.807, 2.05) is 0 Å². The Labute approximate surface area is 110 Å². The molecule has 1 heterocycles. The summed E-state index contributed by atoms with van der Waals surface area (Å²) in [5.41, 5.74) is -0.0988. The summed E-state index contributed by atoms with van der Waals surface area (Å²) in [5, 5.41) is 8.75. The number of rotatable bonds is 5. The summed E-state index contributed by atoms with van der Waals surface area (Å²) in [6.45, 7) is 1.97. The lowest BCUT2D eigenvalue weighted by molar-refractivity contribution is -0.129. The average molecular weight is 268 g/mol. The zero-order valence-corrected chi connectivity index (χ0v) is 11.0. The topological polar surface area (TPSA) is 91.1 Å². The van der Waals surface area contributed by atoms with Gasteiger partial charge in [0.25, 0.3) is 5.91 Å². The zero-order valence-electron chi connectivity index (χ0n) is 11.0. The number of hydrogen-bond acceptors (Lipinski definition) is 4. The molecule has 0 aliphatic heterocycles. The van der Waals surface area contributed by atoms with Gasteiger partial charge in [0, 0.05) is 26.7 Å². The van der Waals surface area contributed by atoms with Crippen LogP contribution in [-0.4, -0.2) is 59.9 Å². The van der Waals surface area contributed by atoms with Gasteiger partial charge in [0.15, 0.2) is 5.76 Å². The van der Waals surface area contributed by atoms with Crippen LogP contribution >= 0.6 is 0 Å². The number of likely N-dealkylation sites (N-methyl/N-ethyl adjacent to an activating group) is 2. The van der Waals surface area contributed by atoms with Gasteiger partial charge in [-0.05, 0) is 6.92 Å². The van der Waals surface area contributed by atoms with Crippen molar-refractivity contribution in [1.82, 2.24) is 9.80 Å². The van der Waals surface area contributed by atoms with Crippen molar-refractivity contribution in [3.05, 3.63) is 23.7 Å². The fourth-order valence-corrected chi connectivity index (χ4v) is 1.35. The van der Waals surface area contributed by atoms with E-state index in [1.165, 1.54) is 9.80 Å². The molecule has 0 atom stereocenters. The minimum absolute atomic E-state index is 0.0779. The second kappa shape index (κ2) is 6.03. The maximum Gasteiger partial charge on any atom is 0.338 e. The Bertz CT molecular complexity index is 492. The van der Waals surface area contributed by atoms with Crippen LogP contribution in [0, 0.1) is 0 Å². The molecule has 0 spiro atoms. The number of carboxylic acids is 1. The first kappa shape index (κ1) is 14.7. The van der Waals surface area contributed by atoms with Crippen LogP contribution in [0.2, 0.25) is 0 Å². The van der Waals surface area contributed by atoms with E-state index in [-0.39, 0.29) is 23.8 Å². The molecule has 0 unspecified atom stereocenters. The number of carboxylic acid groups (broad SMARTS) is 1. The van der Waals surface area contributed by atoms with Crippen LogP contribution in [0.1, 0.15) is 27.8 Å². The van der Waals surface area contributed by atoms with Crippen LogP contribution in [0.15, 0.2) is 16.7 Å². The first-order valence-corrected chi connectivity index (χ1v) is 5.68. The minimum Gasteiger partial charge on any atom is -0.478 e. The number of amides is 2. The molecule has 0 aromatic carbocycles. The lowest BCUT2D eigenvalue weighted by Gasteiger charge is -2.21. The number of hydrogen-bond donors (Lipinski definition) is 1. The lowest BCUT2D eigenvalue weighted by atomic mass is 10.3. The number of nitrogens with zero attached hydrogens (tertiary/aromatic N) is 2. The predicted octanol–water partition coefficient (Wildman–Crippen LogP) is 0.528. The third kappa shape index (κ3) is 3.57. The Hall–Kier alpha value is -2.31. The molecule has 1 aromatic heterocycles. The van der Waals surface area contributed by atoms with Gasteiger partial charge < -0.3 is 19.3 Å². The Kier molecular flexibility index (Phi) is 4.68. The second-order valence-electron chi connectivity index (χ2n) is 4.11. The van der Waals surface area contributed by atoms with Crippen LogP contribution < -0.4 is 0 Å². The standard InChI is InChI=1S/C12H16N2O5/c1-4-14(6-10(15)13(2)3)11(16)9-5-8(7-19-9)12(17)18/h5,7H,4,6H2,1-3H3,(H,17,18). The first-order chi connectivity index (χ1) is 8.86. The smallest absolute Gasteiger partial charge is 0.338 e. The SMILES string of the molecule is CCN(CC(=O)N(C)C)C(=O)c1cc(C(=O)O)co1. The molecule has 0 bridgehead atoms. The lowest BCUT2D eigenvalue weighted by Crippen LogP contribution is -2.40. The third-order valence-corrected chi connectivity index (χ3v) is 2.55. The van der Waals surface area contributed by atoms with Crippen LogP contribution in [-0.2, 0) is 4.79 Å². The summed E-state index contributed by atoms with van der Waals surface area (Å²) in [4.78, 5) is 37.0. The Morgan fingerprint density at radius 2 is 1.95 bits per heavy atom. The van der Waals surface area contributed by atoms with Crippen molar-refractivity contribution < 1.29 is 23.9 Å². The van der Waals surface area contributed by atoms with Gasteiger partial charge in [-0.25, -0.2) is 4.79 Å². The summed E-state index contributed by atoms with van der Waals surface area (Å²) < 4.78 is 4.92. The summed E-state index contributed by atoms with van der Waals surface area (Å²) in [5.74, 6) is -1.99. The molecule has 104 valence electrons. The molecule has 7 nitrogen and oxygen atoms in total. The highest BCUT2D eigenvalue weighted by atomic mass is 16.4. The van der Waals surface area contributed by atoms with E-state index in [1.54, 1.807) is 21.0 Å². The van der Waals surface area contributed by atoms with Crippen LogP contribution in [0.3, 0.4) is 0 Å². The highest BCUT2D eigenvalue weighted by molar-refractivity contribution is 5.97. The Morgan fingerprint density at radius 3 is 2.37 bits per heavy atom. The first-order valence-electron chi connectivity index (χ1n) is 5.68. The summed E-state index contributed by atoms with van der Waals surface area (Å²) in [7, 11) is 3.19. The molecule has 1 aromatic rings. The van der Waals surface area contributed by atoms with Gasteiger partial charge in [0.05, 0.1) is 5.56 Å². The summed E-state index contributed by atoms with van der Waals surface area (Å²) in [6, 6.07) is 1.15. The van der Waals surface area contributed by atoms with Crippen molar-refractivity contribution >= 4 is 17.8 Å². The van der Waals surface area contributed by atoms with E-state index in [0.29, 0.717) is 6.54 Å². The van der Waals surface area contributed by atoms with E-state index in [0.717, 1.165) is 12.3 Å². The molecule has 1 rings (SSSR count). The molecule has 1 N–H and O–H groups in total. The molecule has 7 heteroatoms. The van der Waals surface area contributed by atoms with Crippen molar-refractivity contribution in [3.8, 4) is 0 Å². The molecule has 19 heavy (non-hydrogen) atoms. The molecule has 0 fully saturated rings. The molecular weight excluding hydrogens is 252 g/mol. The van der Waals surface area contributed by atoms with Crippen molar-refractivity contribution in [2.75, 3.05) is 27.2 Å².